The summed E-state index contributed by atoms with van der Waals surface area (Å²) in [7, 11) is 0. The van der Waals surface area contributed by atoms with Crippen LogP contribution in [0.25, 0.3) is 0 Å². The van der Waals surface area contributed by atoms with Gasteiger partial charge in [-0.2, -0.15) is 11.8 Å². The minimum Gasteiger partial charge on any atom is -0.319 e. The molecule has 3 nitrogen and oxygen atoms in total. The average molecular weight is 325 g/mol. The highest BCUT2D eigenvalue weighted by atomic mass is 32.2. The Morgan fingerprint density at radius 3 is 2.90 bits per heavy atom. The smallest absolute Gasteiger partial charge is 0.241 e. The van der Waals surface area contributed by atoms with Crippen molar-refractivity contribution in [3.8, 4) is 0 Å². The van der Waals surface area contributed by atoms with Crippen molar-refractivity contribution in [3.63, 3.8) is 0 Å². The molecule has 0 spiro atoms. The Balaban J connectivity index is 1.84. The lowest BCUT2D eigenvalue weighted by molar-refractivity contribution is -0.131. The minimum absolute atomic E-state index is 0.0490. The standard InChI is InChI=1S/C16H24N2OS2/c1-11(2)13-15(19)18(10-16(3)7-5-9-21-16)14(17-13)12-6-4-8-20-12/h4,6,8,11,13-14,17H,5,7,9-10H2,1-3H3. The van der Waals surface area contributed by atoms with Crippen LogP contribution < -0.4 is 5.32 Å². The van der Waals surface area contributed by atoms with Crippen LogP contribution in [-0.4, -0.2) is 33.9 Å². The first-order valence-corrected chi connectivity index (χ1v) is 9.61. The van der Waals surface area contributed by atoms with E-state index in [0.717, 1.165) is 6.54 Å². The first kappa shape index (κ1) is 15.4. The van der Waals surface area contributed by atoms with E-state index < -0.39 is 0 Å². The fraction of sp³-hybridized carbons (Fsp3) is 0.688. The van der Waals surface area contributed by atoms with Crippen molar-refractivity contribution in [2.24, 2.45) is 5.92 Å². The topological polar surface area (TPSA) is 32.3 Å². The van der Waals surface area contributed by atoms with Crippen LogP contribution in [0.2, 0.25) is 0 Å². The lowest BCUT2D eigenvalue weighted by Crippen LogP contribution is -2.41. The van der Waals surface area contributed by atoms with Gasteiger partial charge in [0.05, 0.1) is 6.04 Å². The van der Waals surface area contributed by atoms with E-state index in [1.165, 1.54) is 23.5 Å². The zero-order chi connectivity index (χ0) is 15.0. The van der Waals surface area contributed by atoms with Crippen molar-refractivity contribution in [3.05, 3.63) is 22.4 Å². The molecule has 2 saturated heterocycles. The third-order valence-corrected chi connectivity index (χ3v) is 6.93. The molecule has 3 rings (SSSR count). The van der Waals surface area contributed by atoms with Crippen LogP contribution >= 0.6 is 23.1 Å². The second-order valence-electron chi connectivity index (χ2n) is 6.67. The number of rotatable bonds is 4. The molecule has 3 unspecified atom stereocenters. The van der Waals surface area contributed by atoms with Crippen LogP contribution in [0.5, 0.6) is 0 Å². The predicted molar refractivity (Wildman–Crippen MR) is 90.6 cm³/mol. The summed E-state index contributed by atoms with van der Waals surface area (Å²) in [6, 6.07) is 4.15. The van der Waals surface area contributed by atoms with Gasteiger partial charge >= 0.3 is 0 Å². The molecule has 2 fully saturated rings. The summed E-state index contributed by atoms with van der Waals surface area (Å²) in [6.07, 6.45) is 2.54. The van der Waals surface area contributed by atoms with Gasteiger partial charge in [-0.15, -0.1) is 11.3 Å². The van der Waals surface area contributed by atoms with E-state index in [1.54, 1.807) is 11.3 Å². The molecule has 3 atom stereocenters. The molecule has 1 aromatic rings. The van der Waals surface area contributed by atoms with Gasteiger partial charge in [-0.05, 0) is 42.9 Å². The van der Waals surface area contributed by atoms with Crippen LogP contribution in [0, 0.1) is 5.92 Å². The molecule has 1 N–H and O–H groups in total. The quantitative estimate of drug-likeness (QED) is 0.920. The molecule has 0 saturated carbocycles. The first-order valence-electron chi connectivity index (χ1n) is 7.74. The third kappa shape index (κ3) is 3.01. The molecule has 2 aliphatic rings. The maximum Gasteiger partial charge on any atom is 0.241 e. The number of hydrogen-bond donors (Lipinski definition) is 1. The molecule has 0 bridgehead atoms. The highest BCUT2D eigenvalue weighted by Gasteiger charge is 2.44. The van der Waals surface area contributed by atoms with Crippen LogP contribution in [0.15, 0.2) is 17.5 Å². The van der Waals surface area contributed by atoms with Crippen molar-refractivity contribution < 1.29 is 4.79 Å². The number of hydrogen-bond acceptors (Lipinski definition) is 4. The molecule has 1 amide bonds. The van der Waals surface area contributed by atoms with E-state index in [4.69, 9.17) is 0 Å². The fourth-order valence-corrected chi connectivity index (χ4v) is 5.38. The first-order chi connectivity index (χ1) is 10.0. The van der Waals surface area contributed by atoms with Crippen molar-refractivity contribution in [1.29, 1.82) is 0 Å². The average Bonchev–Trinajstić information content (AvgIpc) is 3.13. The maximum absolute atomic E-state index is 12.8. The lowest BCUT2D eigenvalue weighted by atomic mass is 10.0. The van der Waals surface area contributed by atoms with Gasteiger partial charge in [0, 0.05) is 16.2 Å². The van der Waals surface area contributed by atoms with Gasteiger partial charge in [0.2, 0.25) is 5.91 Å². The molecular formula is C16H24N2OS2. The van der Waals surface area contributed by atoms with Gasteiger partial charge in [0.15, 0.2) is 0 Å². The number of thioether (sulfide) groups is 1. The largest absolute Gasteiger partial charge is 0.319 e. The van der Waals surface area contributed by atoms with Gasteiger partial charge in [0.25, 0.3) is 0 Å². The molecule has 21 heavy (non-hydrogen) atoms. The Hall–Kier alpha value is -0.520. The van der Waals surface area contributed by atoms with Gasteiger partial charge < -0.3 is 4.90 Å². The second-order valence-corrected chi connectivity index (χ2v) is 9.34. The van der Waals surface area contributed by atoms with Crippen LogP contribution in [0.3, 0.4) is 0 Å². The van der Waals surface area contributed by atoms with Crippen molar-refractivity contribution in [1.82, 2.24) is 10.2 Å². The van der Waals surface area contributed by atoms with E-state index in [9.17, 15) is 4.79 Å². The predicted octanol–water partition coefficient (Wildman–Crippen LogP) is 3.49. The summed E-state index contributed by atoms with van der Waals surface area (Å²) >= 11 is 3.76. The Bertz CT molecular complexity index is 494. The number of carbonyl (C=O) groups is 1. The molecule has 3 heterocycles. The molecule has 0 aromatic carbocycles. The lowest BCUT2D eigenvalue weighted by Gasteiger charge is -2.32. The van der Waals surface area contributed by atoms with E-state index in [2.05, 4.69) is 48.5 Å². The third-order valence-electron chi connectivity index (χ3n) is 4.48. The Labute approximate surface area is 135 Å². The normalized spacial score (nSPS) is 33.3. The second kappa shape index (κ2) is 5.94. The number of nitrogens with zero attached hydrogens (tertiary/aromatic N) is 1. The monoisotopic (exact) mass is 324 g/mol. The minimum atomic E-state index is -0.0490. The number of thiophene rings is 1. The zero-order valence-electron chi connectivity index (χ0n) is 13.0. The van der Waals surface area contributed by atoms with Gasteiger partial charge in [-0.1, -0.05) is 19.9 Å². The molecule has 1 aromatic heterocycles. The molecule has 0 aliphatic carbocycles. The maximum atomic E-state index is 12.8. The zero-order valence-corrected chi connectivity index (χ0v) is 14.6. The van der Waals surface area contributed by atoms with Gasteiger partial charge in [0.1, 0.15) is 6.17 Å². The molecule has 0 radical (unpaired) electrons. The summed E-state index contributed by atoms with van der Waals surface area (Å²) < 4.78 is 0.221. The van der Waals surface area contributed by atoms with Gasteiger partial charge in [-0.25, -0.2) is 0 Å². The molecular weight excluding hydrogens is 300 g/mol. The summed E-state index contributed by atoms with van der Waals surface area (Å²) in [4.78, 5) is 16.2. The van der Waals surface area contributed by atoms with E-state index in [1.807, 2.05) is 11.8 Å². The fourth-order valence-electron chi connectivity index (χ4n) is 3.29. The summed E-state index contributed by atoms with van der Waals surface area (Å²) in [5, 5.41) is 5.65. The highest BCUT2D eigenvalue weighted by molar-refractivity contribution is 8.00. The van der Waals surface area contributed by atoms with Crippen LogP contribution in [0.1, 0.15) is 44.7 Å². The highest BCUT2D eigenvalue weighted by Crippen LogP contribution is 2.41. The van der Waals surface area contributed by atoms with Gasteiger partial charge in [-0.3, -0.25) is 10.1 Å². The summed E-state index contributed by atoms with van der Waals surface area (Å²) in [5.41, 5.74) is 0. The summed E-state index contributed by atoms with van der Waals surface area (Å²) in [5.74, 6) is 1.83. The van der Waals surface area contributed by atoms with Crippen molar-refractivity contribution >= 4 is 29.0 Å². The van der Waals surface area contributed by atoms with Crippen LogP contribution in [-0.2, 0) is 4.79 Å². The number of amides is 1. The van der Waals surface area contributed by atoms with E-state index >= 15 is 0 Å². The SMILES string of the molecule is CC(C)C1NC(c2cccs2)N(CC2(C)CCCS2)C1=O. The number of carbonyl (C=O) groups excluding carboxylic acids is 1. The Morgan fingerprint density at radius 2 is 2.33 bits per heavy atom. The van der Waals surface area contributed by atoms with E-state index in [-0.39, 0.29) is 22.9 Å². The Morgan fingerprint density at radius 1 is 1.52 bits per heavy atom. The molecule has 116 valence electrons. The van der Waals surface area contributed by atoms with Crippen molar-refractivity contribution in [2.75, 3.05) is 12.3 Å². The van der Waals surface area contributed by atoms with Crippen molar-refractivity contribution in [2.45, 2.75) is 50.6 Å². The summed E-state index contributed by atoms with van der Waals surface area (Å²) in [6.45, 7) is 7.41. The number of nitrogens with one attached hydrogen (secondary N) is 1. The molecule has 2 aliphatic heterocycles. The molecule has 5 heteroatoms. The Kier molecular flexibility index (Phi) is 4.35. The van der Waals surface area contributed by atoms with Crippen LogP contribution in [0.4, 0.5) is 0 Å². The van der Waals surface area contributed by atoms with E-state index in [0.29, 0.717) is 5.92 Å².